The SMILES string of the molecule is c1ccc(-n2c3ccccc3c3cc(-c4ccc5[nH]c6cc7c8c(cccc8c6c5c4)-c4ccccc4S7)ccc32)cc1. The highest BCUT2D eigenvalue weighted by Crippen LogP contribution is 2.50. The highest BCUT2D eigenvalue weighted by molar-refractivity contribution is 7.99. The van der Waals surface area contributed by atoms with E-state index in [-0.39, 0.29) is 0 Å². The Morgan fingerprint density at radius 1 is 0.442 bits per heavy atom. The zero-order valence-electron chi connectivity index (χ0n) is 23.1. The van der Waals surface area contributed by atoms with Crippen molar-refractivity contribution in [1.29, 1.82) is 0 Å². The number of rotatable bonds is 2. The summed E-state index contributed by atoms with van der Waals surface area (Å²) in [4.78, 5) is 6.40. The van der Waals surface area contributed by atoms with Crippen LogP contribution in [0.3, 0.4) is 0 Å². The summed E-state index contributed by atoms with van der Waals surface area (Å²) in [6.45, 7) is 0. The van der Waals surface area contributed by atoms with Crippen molar-refractivity contribution in [2.75, 3.05) is 0 Å². The number of benzene rings is 7. The standard InChI is InChI=1S/C40H24N2S/c1-2-9-26(10-3-1)42-35-15-6-4-11-27(35)31-21-25(18-20-36(31)42)24-17-19-33-32(22-24)39-30-14-8-13-29-28-12-5-7-16-37(28)43-38(40(29)30)23-34(39)41-33/h1-23,41H. The second kappa shape index (κ2) is 8.64. The Bertz CT molecular complexity index is 2590. The molecule has 7 aromatic carbocycles. The van der Waals surface area contributed by atoms with E-state index >= 15 is 0 Å². The number of nitrogens with zero attached hydrogens (tertiary/aromatic N) is 1. The molecule has 200 valence electrons. The normalized spacial score (nSPS) is 12.6. The van der Waals surface area contributed by atoms with Gasteiger partial charge in [0.05, 0.1) is 11.0 Å². The Balaban J connectivity index is 1.21. The monoisotopic (exact) mass is 564 g/mol. The molecular formula is C40H24N2S. The lowest BCUT2D eigenvalue weighted by Crippen LogP contribution is -1.93. The van der Waals surface area contributed by atoms with E-state index in [2.05, 4.69) is 149 Å². The van der Waals surface area contributed by atoms with E-state index in [0.717, 1.165) is 0 Å². The smallest absolute Gasteiger partial charge is 0.0541 e. The molecule has 3 heterocycles. The van der Waals surface area contributed by atoms with Gasteiger partial charge in [-0.2, -0.15) is 0 Å². The molecule has 1 N–H and O–H groups in total. The van der Waals surface area contributed by atoms with Crippen LogP contribution in [0.15, 0.2) is 149 Å². The number of H-pyrrole nitrogens is 1. The second-order valence-electron chi connectivity index (χ2n) is 11.4. The molecule has 43 heavy (non-hydrogen) atoms. The van der Waals surface area contributed by atoms with Crippen LogP contribution in [-0.4, -0.2) is 9.55 Å². The van der Waals surface area contributed by atoms with Crippen LogP contribution < -0.4 is 0 Å². The van der Waals surface area contributed by atoms with Crippen LogP contribution in [0.1, 0.15) is 0 Å². The fraction of sp³-hybridized carbons (Fsp3) is 0. The van der Waals surface area contributed by atoms with Crippen molar-refractivity contribution < 1.29 is 0 Å². The molecule has 0 saturated heterocycles. The first-order chi connectivity index (χ1) is 21.3. The third kappa shape index (κ3) is 3.26. The number of nitrogens with one attached hydrogen (secondary N) is 1. The minimum absolute atomic E-state index is 1.17. The Morgan fingerprint density at radius 2 is 1.16 bits per heavy atom. The highest BCUT2D eigenvalue weighted by Gasteiger charge is 2.22. The molecule has 0 saturated carbocycles. The molecule has 0 aliphatic carbocycles. The maximum atomic E-state index is 3.75. The summed E-state index contributed by atoms with van der Waals surface area (Å²) in [5.41, 5.74) is 11.1. The van der Waals surface area contributed by atoms with E-state index in [9.17, 15) is 0 Å². The molecule has 1 aliphatic rings. The summed E-state index contributed by atoms with van der Waals surface area (Å²) in [5.74, 6) is 0. The van der Waals surface area contributed by atoms with Crippen LogP contribution in [0.25, 0.3) is 82.3 Å². The third-order valence-corrected chi connectivity index (χ3v) is 10.2. The average molecular weight is 565 g/mol. The number of hydrogen-bond donors (Lipinski definition) is 1. The first-order valence-electron chi connectivity index (χ1n) is 14.7. The van der Waals surface area contributed by atoms with Gasteiger partial charge in [-0.15, -0.1) is 0 Å². The average Bonchev–Trinajstić information content (AvgIpc) is 3.60. The molecule has 10 rings (SSSR count). The van der Waals surface area contributed by atoms with Crippen LogP contribution >= 0.6 is 11.8 Å². The Morgan fingerprint density at radius 3 is 2.09 bits per heavy atom. The van der Waals surface area contributed by atoms with E-state index in [1.807, 2.05) is 11.8 Å². The van der Waals surface area contributed by atoms with Gasteiger partial charge < -0.3 is 9.55 Å². The van der Waals surface area contributed by atoms with E-state index in [1.54, 1.807) is 0 Å². The zero-order chi connectivity index (χ0) is 28.1. The van der Waals surface area contributed by atoms with Gasteiger partial charge in [0.25, 0.3) is 0 Å². The van der Waals surface area contributed by atoms with Crippen molar-refractivity contribution in [2.45, 2.75) is 9.79 Å². The van der Waals surface area contributed by atoms with Gasteiger partial charge in [-0.3, -0.25) is 0 Å². The Kier molecular flexibility index (Phi) is 4.68. The van der Waals surface area contributed by atoms with E-state index < -0.39 is 0 Å². The van der Waals surface area contributed by atoms with Gasteiger partial charge >= 0.3 is 0 Å². The predicted molar refractivity (Wildman–Crippen MR) is 183 cm³/mol. The van der Waals surface area contributed by atoms with Crippen LogP contribution in [-0.2, 0) is 0 Å². The van der Waals surface area contributed by atoms with Gasteiger partial charge in [0.2, 0.25) is 0 Å². The Hall–Kier alpha value is -5.25. The maximum Gasteiger partial charge on any atom is 0.0541 e. The fourth-order valence-electron chi connectivity index (χ4n) is 7.23. The van der Waals surface area contributed by atoms with Crippen LogP contribution in [0.2, 0.25) is 0 Å². The molecule has 0 atom stereocenters. The maximum absolute atomic E-state index is 3.75. The van der Waals surface area contributed by atoms with Crippen molar-refractivity contribution in [3.63, 3.8) is 0 Å². The molecule has 1 aliphatic heterocycles. The summed E-state index contributed by atoms with van der Waals surface area (Å²) in [7, 11) is 0. The lowest BCUT2D eigenvalue weighted by atomic mass is 9.94. The molecule has 3 heteroatoms. The quantitative estimate of drug-likeness (QED) is 0.221. The zero-order valence-corrected chi connectivity index (χ0v) is 24.0. The molecular weight excluding hydrogens is 541 g/mol. The van der Waals surface area contributed by atoms with Crippen LogP contribution in [0, 0.1) is 0 Å². The van der Waals surface area contributed by atoms with E-state index in [1.165, 1.54) is 92.1 Å². The second-order valence-corrected chi connectivity index (χ2v) is 12.5. The molecule has 2 aromatic heterocycles. The van der Waals surface area contributed by atoms with E-state index in [4.69, 9.17) is 0 Å². The van der Waals surface area contributed by atoms with Crippen LogP contribution in [0.5, 0.6) is 0 Å². The lowest BCUT2D eigenvalue weighted by molar-refractivity contribution is 1.18. The summed E-state index contributed by atoms with van der Waals surface area (Å²) in [6.07, 6.45) is 0. The number of fused-ring (bicyclic) bond motifs is 9. The predicted octanol–water partition coefficient (Wildman–Crippen LogP) is 11.4. The minimum Gasteiger partial charge on any atom is -0.354 e. The lowest BCUT2D eigenvalue weighted by Gasteiger charge is -2.20. The molecule has 9 aromatic rings. The summed E-state index contributed by atoms with van der Waals surface area (Å²) < 4.78 is 2.37. The Labute approximate surface area is 252 Å². The van der Waals surface area contributed by atoms with Gasteiger partial charge in [-0.25, -0.2) is 0 Å². The van der Waals surface area contributed by atoms with Crippen molar-refractivity contribution >= 4 is 66.1 Å². The molecule has 0 bridgehead atoms. The minimum atomic E-state index is 1.17. The van der Waals surface area contributed by atoms with Gasteiger partial charge in [0.15, 0.2) is 0 Å². The van der Waals surface area contributed by atoms with Gasteiger partial charge in [0.1, 0.15) is 0 Å². The van der Waals surface area contributed by atoms with Crippen LogP contribution in [0.4, 0.5) is 0 Å². The summed E-state index contributed by atoms with van der Waals surface area (Å²) >= 11 is 1.88. The third-order valence-electron chi connectivity index (χ3n) is 9.10. The van der Waals surface area contributed by atoms with Gasteiger partial charge in [0, 0.05) is 53.4 Å². The molecule has 0 radical (unpaired) electrons. The van der Waals surface area contributed by atoms with E-state index in [0.29, 0.717) is 0 Å². The number of aromatic amines is 1. The largest absolute Gasteiger partial charge is 0.354 e. The number of aromatic nitrogens is 2. The first kappa shape index (κ1) is 23.3. The summed E-state index contributed by atoms with van der Waals surface area (Å²) in [6, 6.07) is 51.1. The molecule has 0 unspecified atom stereocenters. The topological polar surface area (TPSA) is 20.7 Å². The molecule has 0 spiro atoms. The van der Waals surface area contributed by atoms with Gasteiger partial charge in [-0.1, -0.05) is 96.7 Å². The van der Waals surface area contributed by atoms with Crippen molar-refractivity contribution in [3.8, 4) is 27.9 Å². The van der Waals surface area contributed by atoms with Gasteiger partial charge in [-0.05, 0) is 82.2 Å². The fourth-order valence-corrected chi connectivity index (χ4v) is 8.40. The first-order valence-corrected chi connectivity index (χ1v) is 15.5. The number of para-hydroxylation sites is 2. The summed E-state index contributed by atoms with van der Waals surface area (Å²) in [5, 5.41) is 7.80. The highest BCUT2D eigenvalue weighted by atomic mass is 32.2. The molecule has 2 nitrogen and oxygen atoms in total. The van der Waals surface area contributed by atoms with Crippen molar-refractivity contribution in [1.82, 2.24) is 9.55 Å². The van der Waals surface area contributed by atoms with Crippen molar-refractivity contribution in [3.05, 3.63) is 140 Å². The number of hydrogen-bond acceptors (Lipinski definition) is 1. The van der Waals surface area contributed by atoms with Crippen molar-refractivity contribution in [2.24, 2.45) is 0 Å². The molecule has 0 amide bonds. The molecule has 0 fully saturated rings.